The van der Waals surface area contributed by atoms with Crippen molar-refractivity contribution in [3.8, 4) is 0 Å². The lowest BCUT2D eigenvalue weighted by molar-refractivity contribution is -0.232. The summed E-state index contributed by atoms with van der Waals surface area (Å²) in [6, 6.07) is 24.2. The van der Waals surface area contributed by atoms with E-state index in [9.17, 15) is 33.0 Å². The van der Waals surface area contributed by atoms with Crippen LogP contribution in [0.4, 0.5) is 29.7 Å². The number of fused-ring (bicyclic) bond motifs is 1. The molecule has 2 aliphatic heterocycles. The Hall–Kier alpha value is -6.64. The minimum atomic E-state index is -5.38. The van der Waals surface area contributed by atoms with E-state index in [4.69, 9.17) is 24.1 Å². The van der Waals surface area contributed by atoms with Gasteiger partial charge in [-0.15, -0.1) is 5.06 Å². The third-order valence-electron chi connectivity index (χ3n) is 10.6. The molecule has 0 spiro atoms. The van der Waals surface area contributed by atoms with Crippen LogP contribution in [0.25, 0.3) is 11.2 Å². The number of nitrogens with zero attached hydrogens (tertiary/aromatic N) is 8. The second kappa shape index (κ2) is 17.5. The van der Waals surface area contributed by atoms with Gasteiger partial charge in [-0.25, -0.2) is 14.6 Å². The number of nitrogens with one attached hydrogen (secondary N) is 2. The Kier molecular flexibility index (Phi) is 11.8. The minimum absolute atomic E-state index is 0.0604. The lowest BCUT2D eigenvalue weighted by Gasteiger charge is -2.27. The summed E-state index contributed by atoms with van der Waals surface area (Å²) in [6.45, 7) is 2.06. The van der Waals surface area contributed by atoms with Crippen LogP contribution in [0.3, 0.4) is 0 Å². The van der Waals surface area contributed by atoms with E-state index in [0.29, 0.717) is 29.4 Å². The van der Waals surface area contributed by atoms with Gasteiger partial charge >= 0.3 is 18.2 Å². The lowest BCUT2D eigenvalue weighted by atomic mass is 9.91. The maximum Gasteiger partial charge on any atom is 0.493 e. The van der Waals surface area contributed by atoms with Crippen molar-refractivity contribution in [3.63, 3.8) is 0 Å². The van der Waals surface area contributed by atoms with Crippen LogP contribution in [0.1, 0.15) is 59.9 Å². The van der Waals surface area contributed by atoms with Gasteiger partial charge in [-0.3, -0.25) is 9.55 Å². The van der Waals surface area contributed by atoms with Crippen LogP contribution in [0.15, 0.2) is 102 Å². The van der Waals surface area contributed by atoms with Crippen LogP contribution < -0.4 is 15.5 Å². The van der Waals surface area contributed by atoms with Crippen LogP contribution in [-0.2, 0) is 27.3 Å². The fraction of sp³-hybridized carbons (Fsp3) is 0.341. The Balaban J connectivity index is 1.13. The molecule has 2 fully saturated rings. The Morgan fingerprint density at radius 1 is 0.967 bits per heavy atom. The molecule has 0 unspecified atom stereocenters. The molecule has 61 heavy (non-hydrogen) atoms. The van der Waals surface area contributed by atoms with Crippen molar-refractivity contribution in [3.05, 3.63) is 126 Å². The highest BCUT2D eigenvalue weighted by atomic mass is 19.4. The number of hydrogen-bond acceptors (Lipinski definition) is 14. The van der Waals surface area contributed by atoms with Gasteiger partial charge in [0.25, 0.3) is 0 Å². The number of halogens is 3. The van der Waals surface area contributed by atoms with E-state index in [2.05, 4.69) is 25.8 Å². The second-order valence-corrected chi connectivity index (χ2v) is 14.5. The summed E-state index contributed by atoms with van der Waals surface area (Å²) in [5, 5.41) is 32.8. The Morgan fingerprint density at radius 2 is 1.69 bits per heavy atom. The van der Waals surface area contributed by atoms with E-state index in [1.165, 1.54) is 17.1 Å². The van der Waals surface area contributed by atoms with E-state index < -0.39 is 48.8 Å². The number of aliphatic hydroxyl groups excluding tert-OH is 2. The molecule has 6 heterocycles. The number of pyridine rings is 1. The van der Waals surface area contributed by atoms with Gasteiger partial charge in [-0.2, -0.15) is 23.1 Å². The van der Waals surface area contributed by atoms with Gasteiger partial charge in [-0.05, 0) is 36.1 Å². The number of anilines is 2. The highest BCUT2D eigenvalue weighted by Crippen LogP contribution is 2.41. The maximum atomic E-state index is 13.5. The fourth-order valence-electron chi connectivity index (χ4n) is 7.39. The van der Waals surface area contributed by atoms with Gasteiger partial charge in [-0.1, -0.05) is 78.8 Å². The number of amides is 2. The van der Waals surface area contributed by atoms with Gasteiger partial charge in [0, 0.05) is 37.8 Å². The van der Waals surface area contributed by atoms with Crippen LogP contribution >= 0.6 is 0 Å². The van der Waals surface area contributed by atoms with Crippen molar-refractivity contribution in [1.82, 2.24) is 40.0 Å². The molecule has 2 amide bonds. The first-order chi connectivity index (χ1) is 29.5. The van der Waals surface area contributed by atoms with Gasteiger partial charge in [0.1, 0.15) is 18.3 Å². The largest absolute Gasteiger partial charge is 0.493 e. The Bertz CT molecular complexity index is 2400. The predicted molar refractivity (Wildman–Crippen MR) is 210 cm³/mol. The van der Waals surface area contributed by atoms with Crippen molar-refractivity contribution >= 4 is 34.9 Å². The molecule has 0 aliphatic carbocycles. The first-order valence-corrected chi connectivity index (χ1v) is 19.5. The van der Waals surface area contributed by atoms with Crippen LogP contribution in [0, 0.1) is 0 Å². The molecule has 318 valence electrons. The van der Waals surface area contributed by atoms with E-state index in [0.717, 1.165) is 11.1 Å². The quantitative estimate of drug-likeness (QED) is 0.122. The number of urea groups is 1. The number of carbonyl (C=O) groups is 2. The summed E-state index contributed by atoms with van der Waals surface area (Å²) in [7, 11) is 0. The van der Waals surface area contributed by atoms with Crippen LogP contribution in [0.5, 0.6) is 0 Å². The molecule has 4 N–H and O–H groups in total. The normalized spacial score (nSPS) is 20.3. The molecule has 2 saturated heterocycles. The monoisotopic (exact) mass is 842 g/mol. The van der Waals surface area contributed by atoms with Crippen LogP contribution in [0.2, 0.25) is 0 Å². The molecular weight excluding hydrogens is 802 g/mol. The molecule has 2 aromatic carbocycles. The Labute approximate surface area is 346 Å². The number of alkyl halides is 3. The molecular formula is C41H41F3N10O7. The summed E-state index contributed by atoms with van der Waals surface area (Å²) in [4.78, 5) is 50.2. The molecule has 6 aromatic rings. The highest BCUT2D eigenvalue weighted by molar-refractivity contribution is 5.85. The topological polar surface area (TPSA) is 206 Å². The number of carbonyl (C=O) groups excluding carboxylic acids is 2. The number of benzene rings is 2. The van der Waals surface area contributed by atoms with Gasteiger partial charge in [0.05, 0.1) is 30.3 Å². The average molecular weight is 843 g/mol. The zero-order valence-corrected chi connectivity index (χ0v) is 32.6. The van der Waals surface area contributed by atoms with Crippen molar-refractivity contribution in [2.75, 3.05) is 29.9 Å². The van der Waals surface area contributed by atoms with Crippen molar-refractivity contribution in [2.24, 2.45) is 0 Å². The molecule has 0 saturated carbocycles. The zero-order valence-electron chi connectivity index (χ0n) is 32.6. The number of hydroxylamine groups is 2. The average Bonchev–Trinajstić information content (AvgIpc) is 4.10. The summed E-state index contributed by atoms with van der Waals surface area (Å²) < 4.78 is 53.5. The maximum absolute atomic E-state index is 13.5. The van der Waals surface area contributed by atoms with E-state index >= 15 is 0 Å². The van der Waals surface area contributed by atoms with Gasteiger partial charge < -0.3 is 39.8 Å². The summed E-state index contributed by atoms with van der Waals surface area (Å²) in [5.41, 5.74) is 3.58. The SMILES string of the molecule is CCc1cc([C@H]2O[C@@H](n3cnc4c(NCC(c5ccccc5)c5ccccc5)nc(N5CC[C@@H](N(OC(=O)C(F)(F)F)C(=O)NCc6ccccn6)C5)nc43)[C@H](O)[C@@H]2O)on1. The fourth-order valence-corrected chi connectivity index (χ4v) is 7.39. The van der Waals surface area contributed by atoms with E-state index in [1.807, 2.05) is 67.6 Å². The summed E-state index contributed by atoms with van der Waals surface area (Å²) >= 11 is 0. The van der Waals surface area contributed by atoms with Crippen molar-refractivity contribution < 1.29 is 47.1 Å². The number of imidazole rings is 1. The minimum Gasteiger partial charge on any atom is -0.387 e. The predicted octanol–water partition coefficient (Wildman–Crippen LogP) is 4.82. The Morgan fingerprint density at radius 3 is 2.34 bits per heavy atom. The summed E-state index contributed by atoms with van der Waals surface area (Å²) in [5.74, 6) is -2.13. The van der Waals surface area contributed by atoms with E-state index in [-0.39, 0.29) is 60.7 Å². The number of ether oxygens (including phenoxy) is 1. The molecule has 0 bridgehead atoms. The standard InChI is InChI=1S/C41H41F3N10O7/c1-2-26-19-30(60-51-26)34-32(55)33(56)37(59-34)53-23-48-31-35(46-21-29(24-11-5-3-6-12-24)25-13-7-4-8-14-25)49-39(50-36(31)53)52-18-16-28(22-52)54(61-38(57)41(42,43)44)40(58)47-20-27-15-9-10-17-45-27/h3-15,17,19,23,28-29,32-34,37,55-56H,2,16,18,20-22H2,1H3,(H,47,58)(H,46,49,50)/t28-,32+,33-,34-,37-/m1/s1. The summed E-state index contributed by atoms with van der Waals surface area (Å²) in [6.07, 6.45) is -7.01. The van der Waals surface area contributed by atoms with E-state index in [1.54, 1.807) is 29.2 Å². The number of aryl methyl sites for hydroxylation is 1. The van der Waals surface area contributed by atoms with Crippen molar-refractivity contribution in [2.45, 2.75) is 69.0 Å². The van der Waals surface area contributed by atoms with Crippen LogP contribution in [-0.4, -0.2) is 101 Å². The van der Waals surface area contributed by atoms with Gasteiger partial charge in [0.2, 0.25) is 5.95 Å². The highest BCUT2D eigenvalue weighted by Gasteiger charge is 2.48. The van der Waals surface area contributed by atoms with Gasteiger partial charge in [0.15, 0.2) is 29.0 Å². The molecule has 20 heteroatoms. The second-order valence-electron chi connectivity index (χ2n) is 14.5. The smallest absolute Gasteiger partial charge is 0.387 e. The molecule has 17 nitrogen and oxygen atoms in total. The first kappa shape index (κ1) is 41.1. The zero-order chi connectivity index (χ0) is 42.7. The lowest BCUT2D eigenvalue weighted by Crippen LogP contribution is -2.49. The molecule has 8 rings (SSSR count). The molecule has 0 radical (unpaired) electrons. The molecule has 4 aromatic heterocycles. The van der Waals surface area contributed by atoms with Crippen molar-refractivity contribution in [1.29, 1.82) is 0 Å². The number of aromatic nitrogens is 6. The third kappa shape index (κ3) is 8.82. The third-order valence-corrected chi connectivity index (χ3v) is 10.6. The first-order valence-electron chi connectivity index (χ1n) is 19.5. The number of rotatable bonds is 12. The molecule has 2 aliphatic rings. The number of hydrogen-bond donors (Lipinski definition) is 4. The number of aliphatic hydroxyl groups is 2. The molecule has 5 atom stereocenters.